The first-order valence-electron chi connectivity index (χ1n) is 16.7. The fourth-order valence-electron chi connectivity index (χ4n) is 9.14. The Morgan fingerprint density at radius 2 is 1.51 bits per heavy atom. The molecule has 3 fully saturated rings. The number of carbonyl (C=O) groups is 4. The zero-order valence-corrected chi connectivity index (χ0v) is 28.1. The summed E-state index contributed by atoms with van der Waals surface area (Å²) in [7, 11) is -0.342. The molecular formula is C39H32BClN2O8. The molecule has 0 radical (unpaired) electrons. The molecule has 4 aliphatic rings. The Morgan fingerprint density at radius 3 is 2.22 bits per heavy atom. The highest BCUT2D eigenvalue weighted by molar-refractivity contribution is 6.58. The number of fused-ring (bicyclic) bond motifs is 4. The number of phenolic OH excluding ortho intramolecular Hbond substituents is 1. The molecule has 8 rings (SSSR count). The van der Waals surface area contributed by atoms with Gasteiger partial charge in [0.1, 0.15) is 11.5 Å². The van der Waals surface area contributed by atoms with Crippen LogP contribution in [-0.4, -0.2) is 53.0 Å². The van der Waals surface area contributed by atoms with Crippen LogP contribution in [0.5, 0.6) is 11.5 Å². The summed E-state index contributed by atoms with van der Waals surface area (Å²) in [5, 5.41) is 31.6. The maximum atomic E-state index is 15.4. The Balaban J connectivity index is 1.36. The summed E-state index contributed by atoms with van der Waals surface area (Å²) in [5.41, 5.74) is 0.560. The van der Waals surface area contributed by atoms with Crippen molar-refractivity contribution < 1.29 is 39.1 Å². The molecule has 4 amide bonds. The minimum absolute atomic E-state index is 0.0677. The first-order valence-corrected chi connectivity index (χ1v) is 17.1. The highest BCUT2D eigenvalue weighted by atomic mass is 35.5. The van der Waals surface area contributed by atoms with Gasteiger partial charge in [-0.25, -0.2) is 4.90 Å². The van der Waals surface area contributed by atoms with Crippen molar-refractivity contribution in [3.05, 3.63) is 125 Å². The maximum Gasteiger partial charge on any atom is 0.488 e. The van der Waals surface area contributed by atoms with Crippen LogP contribution in [0.4, 0.5) is 11.4 Å². The Hall–Kier alpha value is -5.23. The molecule has 2 heterocycles. The lowest BCUT2D eigenvalue weighted by Crippen LogP contribution is -2.53. The number of phenols is 1. The van der Waals surface area contributed by atoms with E-state index >= 15 is 4.79 Å². The molecule has 4 aromatic carbocycles. The lowest BCUT2D eigenvalue weighted by Gasteiger charge is -2.51. The highest BCUT2D eigenvalue weighted by Gasteiger charge is 2.71. The number of halogens is 1. The van der Waals surface area contributed by atoms with E-state index in [0.717, 1.165) is 9.80 Å². The van der Waals surface area contributed by atoms with Gasteiger partial charge in [-0.15, -0.1) is 0 Å². The molecule has 256 valence electrons. The molecule has 3 N–H and O–H groups in total. The Morgan fingerprint density at radius 1 is 0.804 bits per heavy atom. The van der Waals surface area contributed by atoms with Gasteiger partial charge in [0.15, 0.2) is 0 Å². The largest absolute Gasteiger partial charge is 0.508 e. The van der Waals surface area contributed by atoms with Gasteiger partial charge in [-0.3, -0.25) is 24.1 Å². The van der Waals surface area contributed by atoms with Crippen molar-refractivity contribution in [3.63, 3.8) is 0 Å². The molecule has 2 aliphatic heterocycles. The van der Waals surface area contributed by atoms with Crippen molar-refractivity contribution in [2.75, 3.05) is 16.9 Å². The number of hydrogen-bond donors (Lipinski definition) is 3. The van der Waals surface area contributed by atoms with Gasteiger partial charge in [0, 0.05) is 16.5 Å². The molecule has 4 aromatic rings. The van der Waals surface area contributed by atoms with Gasteiger partial charge in [0.05, 0.1) is 41.7 Å². The predicted molar refractivity (Wildman–Crippen MR) is 190 cm³/mol. The summed E-state index contributed by atoms with van der Waals surface area (Å²) in [4.78, 5) is 61.1. The lowest BCUT2D eigenvalue weighted by molar-refractivity contribution is -0.127. The first kappa shape index (κ1) is 32.9. The monoisotopic (exact) mass is 702 g/mol. The van der Waals surface area contributed by atoms with Crippen LogP contribution in [0.2, 0.25) is 5.02 Å². The van der Waals surface area contributed by atoms with Crippen LogP contribution in [0.3, 0.4) is 0 Å². The van der Waals surface area contributed by atoms with Crippen molar-refractivity contribution in [2.45, 2.75) is 24.2 Å². The summed E-state index contributed by atoms with van der Waals surface area (Å²) in [6, 6.07) is 26.3. The van der Waals surface area contributed by atoms with E-state index in [9.17, 15) is 29.5 Å². The second kappa shape index (κ2) is 12.2. The lowest BCUT2D eigenvalue weighted by atomic mass is 9.49. The number of methoxy groups -OCH3 is 1. The summed E-state index contributed by atoms with van der Waals surface area (Å²) in [5.74, 6) is -6.08. The molecular weight excluding hydrogens is 671 g/mol. The first-order chi connectivity index (χ1) is 24.6. The van der Waals surface area contributed by atoms with Gasteiger partial charge >= 0.3 is 7.12 Å². The second-order valence-electron chi connectivity index (χ2n) is 13.5. The van der Waals surface area contributed by atoms with E-state index in [1.54, 1.807) is 72.8 Å². The highest BCUT2D eigenvalue weighted by Crippen LogP contribution is 2.66. The number of carbonyl (C=O) groups excluding carboxylic acids is 4. The summed E-state index contributed by atoms with van der Waals surface area (Å²) in [6.45, 7) is 0. The quantitative estimate of drug-likeness (QED) is 0.155. The van der Waals surface area contributed by atoms with E-state index in [2.05, 4.69) is 0 Å². The van der Waals surface area contributed by atoms with Crippen molar-refractivity contribution >= 4 is 59.2 Å². The van der Waals surface area contributed by atoms with Crippen molar-refractivity contribution in [2.24, 2.45) is 23.7 Å². The summed E-state index contributed by atoms with van der Waals surface area (Å²) < 4.78 is 5.82. The number of ether oxygens (including phenoxy) is 1. The number of amides is 4. The zero-order chi connectivity index (χ0) is 35.8. The van der Waals surface area contributed by atoms with Crippen molar-refractivity contribution in [1.82, 2.24) is 0 Å². The molecule has 0 unspecified atom stereocenters. The summed E-state index contributed by atoms with van der Waals surface area (Å²) in [6.07, 6.45) is 2.13. The van der Waals surface area contributed by atoms with E-state index in [0.29, 0.717) is 33.2 Å². The third-order valence-electron chi connectivity index (χ3n) is 11.1. The number of aromatic hydroxyl groups is 1. The van der Waals surface area contributed by atoms with Gasteiger partial charge in [-0.1, -0.05) is 77.8 Å². The average molecular weight is 703 g/mol. The number of anilines is 2. The molecule has 2 saturated heterocycles. The van der Waals surface area contributed by atoms with Gasteiger partial charge in [-0.2, -0.15) is 0 Å². The fourth-order valence-corrected chi connectivity index (χ4v) is 9.32. The van der Waals surface area contributed by atoms with Gasteiger partial charge < -0.3 is 19.9 Å². The Kier molecular flexibility index (Phi) is 7.90. The van der Waals surface area contributed by atoms with Crippen LogP contribution in [0.1, 0.15) is 29.9 Å². The van der Waals surface area contributed by atoms with Gasteiger partial charge in [0.25, 0.3) is 0 Å². The van der Waals surface area contributed by atoms with Gasteiger partial charge in [0.2, 0.25) is 23.6 Å². The molecule has 0 spiro atoms. The Labute approximate surface area is 298 Å². The Bertz CT molecular complexity index is 2160. The smallest absolute Gasteiger partial charge is 0.488 e. The summed E-state index contributed by atoms with van der Waals surface area (Å²) >= 11 is 6.38. The second-order valence-corrected chi connectivity index (χ2v) is 13.9. The molecule has 6 atom stereocenters. The molecule has 12 heteroatoms. The van der Waals surface area contributed by atoms with Crippen LogP contribution in [0.15, 0.2) is 109 Å². The molecule has 10 nitrogen and oxygen atoms in total. The average Bonchev–Trinajstić information content (AvgIpc) is 3.52. The van der Waals surface area contributed by atoms with Crippen LogP contribution in [0.25, 0.3) is 0 Å². The van der Waals surface area contributed by atoms with E-state index < -0.39 is 65.8 Å². The van der Waals surface area contributed by atoms with Crippen LogP contribution in [-0.2, 0) is 24.6 Å². The number of allylic oxidation sites excluding steroid dienone is 2. The topological polar surface area (TPSA) is 145 Å². The molecule has 0 aromatic heterocycles. The normalized spacial score (nSPS) is 26.8. The number of imide groups is 2. The van der Waals surface area contributed by atoms with E-state index in [1.807, 2.05) is 12.1 Å². The van der Waals surface area contributed by atoms with Crippen LogP contribution < -0.4 is 20.0 Å². The number of nitrogens with zero attached hydrogens (tertiary/aromatic N) is 2. The fraction of sp³-hybridized carbons (Fsp3) is 0.231. The van der Waals surface area contributed by atoms with E-state index in [-0.39, 0.29) is 29.7 Å². The molecule has 51 heavy (non-hydrogen) atoms. The zero-order valence-electron chi connectivity index (χ0n) is 27.3. The predicted octanol–water partition coefficient (Wildman–Crippen LogP) is 4.10. The SMILES string of the molecule is COc1cccc(O)c1[C@H]1C2=CC[C@@H]3C(=O)N(c4cccc(B(O)O)c4)C(=O)[C@@H]3[C@@H]2C[C@H]2C(=O)N(c3cccc(Cl)c3)C(=O)[C@@]12c1ccccc1. The third-order valence-corrected chi connectivity index (χ3v) is 11.4. The molecule has 2 aliphatic carbocycles. The van der Waals surface area contributed by atoms with E-state index in [1.165, 1.54) is 25.3 Å². The number of benzene rings is 4. The standard InChI is InChI=1S/C39H32BClN2O8/c1-51-31-15-7-14-30(44)33(31)34-26-16-17-27-32(37(47)42(35(27)45)24-12-5-10-22(18-24)40(49)50)28(26)20-29-36(46)43(25-13-6-11-23(41)19-25)38(48)39(29,34)21-8-3-2-4-9-21/h2-16,18-19,27-29,32,34,44,49-50H,17,20H2,1H3/t27-,28+,29-,32-,34+,39+/m0/s1. The van der Waals surface area contributed by atoms with Crippen molar-refractivity contribution in [3.8, 4) is 11.5 Å². The maximum absolute atomic E-state index is 15.4. The van der Waals surface area contributed by atoms with Crippen LogP contribution >= 0.6 is 11.6 Å². The number of hydrogen-bond acceptors (Lipinski definition) is 8. The molecule has 0 bridgehead atoms. The van der Waals surface area contributed by atoms with Gasteiger partial charge in [-0.05, 0) is 72.3 Å². The van der Waals surface area contributed by atoms with Crippen LogP contribution in [0, 0.1) is 23.7 Å². The minimum Gasteiger partial charge on any atom is -0.508 e. The van der Waals surface area contributed by atoms with Crippen molar-refractivity contribution in [1.29, 1.82) is 0 Å². The molecule has 1 saturated carbocycles. The number of rotatable bonds is 6. The minimum atomic E-state index is -1.81. The van der Waals surface area contributed by atoms with E-state index in [4.69, 9.17) is 16.3 Å². The third kappa shape index (κ3) is 4.72.